The summed E-state index contributed by atoms with van der Waals surface area (Å²) in [5.74, 6) is 1.18. The van der Waals surface area contributed by atoms with E-state index in [1.807, 2.05) is 66.7 Å². The molecular formula is C28H29N3O2S. The Kier molecular flexibility index (Phi) is 7.60. The van der Waals surface area contributed by atoms with E-state index in [1.165, 1.54) is 0 Å². The standard InChI is InChI=1S/C28H29N3O2S/c1-20(2)17-29-27(32)23-11-9-21(10-12-23)18-31(24-13-15-25(33-3)16-14-24)28-30-26(19-34-28)22-7-5-4-6-8-22/h4-16,19-20H,17-18H2,1-3H3,(H,29,32). The predicted molar refractivity (Wildman–Crippen MR) is 140 cm³/mol. The van der Waals surface area contributed by atoms with Crippen LogP contribution < -0.4 is 15.0 Å². The van der Waals surface area contributed by atoms with Crippen LogP contribution in [0, 0.1) is 5.92 Å². The van der Waals surface area contributed by atoms with E-state index in [9.17, 15) is 4.79 Å². The van der Waals surface area contributed by atoms with Gasteiger partial charge in [-0.1, -0.05) is 56.3 Å². The number of rotatable bonds is 9. The maximum absolute atomic E-state index is 12.4. The van der Waals surface area contributed by atoms with Gasteiger partial charge in [0.1, 0.15) is 5.75 Å². The highest BCUT2D eigenvalue weighted by atomic mass is 32.1. The molecule has 4 aromatic rings. The minimum atomic E-state index is -0.0420. The van der Waals surface area contributed by atoms with Crippen LogP contribution in [-0.4, -0.2) is 24.5 Å². The van der Waals surface area contributed by atoms with Crippen LogP contribution >= 0.6 is 11.3 Å². The lowest BCUT2D eigenvalue weighted by Crippen LogP contribution is -2.27. The van der Waals surface area contributed by atoms with Gasteiger partial charge in [-0.05, 0) is 47.9 Å². The molecule has 0 fully saturated rings. The highest BCUT2D eigenvalue weighted by Gasteiger charge is 2.16. The van der Waals surface area contributed by atoms with Gasteiger partial charge in [0.05, 0.1) is 19.3 Å². The number of carbonyl (C=O) groups excluding carboxylic acids is 1. The highest BCUT2D eigenvalue weighted by Crippen LogP contribution is 2.34. The number of carbonyl (C=O) groups is 1. The van der Waals surface area contributed by atoms with Crippen molar-refractivity contribution in [2.75, 3.05) is 18.6 Å². The lowest BCUT2D eigenvalue weighted by molar-refractivity contribution is 0.0949. The van der Waals surface area contributed by atoms with Crippen molar-refractivity contribution in [3.05, 3.63) is 95.4 Å². The lowest BCUT2D eigenvalue weighted by Gasteiger charge is -2.22. The fourth-order valence-corrected chi connectivity index (χ4v) is 4.36. The smallest absolute Gasteiger partial charge is 0.251 e. The molecule has 0 bridgehead atoms. The number of amides is 1. The van der Waals surface area contributed by atoms with Crippen molar-refractivity contribution < 1.29 is 9.53 Å². The van der Waals surface area contributed by atoms with Crippen LogP contribution in [0.3, 0.4) is 0 Å². The largest absolute Gasteiger partial charge is 0.497 e. The van der Waals surface area contributed by atoms with E-state index < -0.39 is 0 Å². The number of benzene rings is 3. The number of hydrogen-bond donors (Lipinski definition) is 1. The molecule has 0 aliphatic rings. The van der Waals surface area contributed by atoms with Gasteiger partial charge in [-0.3, -0.25) is 4.79 Å². The Bertz CT molecular complexity index is 1200. The van der Waals surface area contributed by atoms with Crippen LogP contribution in [0.25, 0.3) is 11.3 Å². The Morgan fingerprint density at radius 3 is 2.35 bits per heavy atom. The third-order valence-electron chi connectivity index (χ3n) is 5.40. The number of anilines is 2. The van der Waals surface area contributed by atoms with Gasteiger partial charge in [0.15, 0.2) is 5.13 Å². The van der Waals surface area contributed by atoms with Gasteiger partial charge in [-0.15, -0.1) is 11.3 Å². The number of nitrogens with one attached hydrogen (secondary N) is 1. The maximum atomic E-state index is 12.4. The van der Waals surface area contributed by atoms with Crippen molar-refractivity contribution in [3.8, 4) is 17.0 Å². The van der Waals surface area contributed by atoms with Crippen LogP contribution in [-0.2, 0) is 6.54 Å². The van der Waals surface area contributed by atoms with E-state index in [4.69, 9.17) is 9.72 Å². The van der Waals surface area contributed by atoms with Crippen LogP contribution in [0.1, 0.15) is 29.8 Å². The molecule has 0 aliphatic carbocycles. The van der Waals surface area contributed by atoms with Crippen molar-refractivity contribution in [2.24, 2.45) is 5.92 Å². The first-order valence-corrected chi connectivity index (χ1v) is 12.2. The summed E-state index contributed by atoms with van der Waals surface area (Å²) in [6.45, 7) is 5.46. The number of nitrogens with zero attached hydrogens (tertiary/aromatic N) is 2. The van der Waals surface area contributed by atoms with Crippen molar-refractivity contribution in [1.29, 1.82) is 0 Å². The Morgan fingerprint density at radius 1 is 1.00 bits per heavy atom. The zero-order valence-corrected chi connectivity index (χ0v) is 20.5. The normalized spacial score (nSPS) is 10.8. The summed E-state index contributed by atoms with van der Waals surface area (Å²) < 4.78 is 5.34. The fourth-order valence-electron chi connectivity index (χ4n) is 3.50. The second kappa shape index (κ2) is 11.0. The number of hydrogen-bond acceptors (Lipinski definition) is 5. The summed E-state index contributed by atoms with van der Waals surface area (Å²) >= 11 is 1.61. The Labute approximate surface area is 205 Å². The quantitative estimate of drug-likeness (QED) is 0.301. The summed E-state index contributed by atoms with van der Waals surface area (Å²) in [5.41, 5.74) is 4.83. The van der Waals surface area contributed by atoms with Gasteiger partial charge in [0.2, 0.25) is 0 Å². The second-order valence-electron chi connectivity index (χ2n) is 8.47. The maximum Gasteiger partial charge on any atom is 0.251 e. The molecule has 0 aliphatic heterocycles. The molecule has 0 saturated carbocycles. The fraction of sp³-hybridized carbons (Fsp3) is 0.214. The SMILES string of the molecule is COc1ccc(N(Cc2ccc(C(=O)NCC(C)C)cc2)c2nc(-c3ccccc3)cs2)cc1. The number of ether oxygens (including phenoxy) is 1. The van der Waals surface area contributed by atoms with E-state index in [2.05, 4.69) is 41.6 Å². The predicted octanol–water partition coefficient (Wildman–Crippen LogP) is 6.54. The molecule has 0 atom stereocenters. The minimum Gasteiger partial charge on any atom is -0.497 e. The zero-order chi connectivity index (χ0) is 23.9. The van der Waals surface area contributed by atoms with Gasteiger partial charge >= 0.3 is 0 Å². The van der Waals surface area contributed by atoms with Gasteiger partial charge in [0, 0.05) is 28.7 Å². The topological polar surface area (TPSA) is 54.5 Å². The average molecular weight is 472 g/mol. The van der Waals surface area contributed by atoms with Crippen LogP contribution in [0.5, 0.6) is 5.75 Å². The average Bonchev–Trinajstić information content (AvgIpc) is 3.37. The molecule has 1 amide bonds. The number of methoxy groups -OCH3 is 1. The molecule has 174 valence electrons. The third kappa shape index (κ3) is 5.83. The first-order chi connectivity index (χ1) is 16.5. The monoisotopic (exact) mass is 471 g/mol. The van der Waals surface area contributed by atoms with Gasteiger partial charge < -0.3 is 15.0 Å². The summed E-state index contributed by atoms with van der Waals surface area (Å²) in [4.78, 5) is 19.5. The number of aromatic nitrogens is 1. The summed E-state index contributed by atoms with van der Waals surface area (Å²) in [5, 5.41) is 5.96. The molecule has 1 aromatic heterocycles. The van der Waals surface area contributed by atoms with Gasteiger partial charge in [-0.25, -0.2) is 4.98 Å². The van der Waals surface area contributed by atoms with Crippen LogP contribution in [0.4, 0.5) is 10.8 Å². The third-order valence-corrected chi connectivity index (χ3v) is 6.27. The van der Waals surface area contributed by atoms with E-state index in [-0.39, 0.29) is 5.91 Å². The molecular weight excluding hydrogens is 442 g/mol. The van der Waals surface area contributed by atoms with Crippen molar-refractivity contribution >= 4 is 28.1 Å². The molecule has 5 nitrogen and oxygen atoms in total. The van der Waals surface area contributed by atoms with Crippen LogP contribution in [0.15, 0.2) is 84.2 Å². The molecule has 1 heterocycles. The molecule has 0 spiro atoms. The van der Waals surface area contributed by atoms with E-state index in [1.54, 1.807) is 18.4 Å². The minimum absolute atomic E-state index is 0.0420. The summed E-state index contributed by atoms with van der Waals surface area (Å²) in [6, 6.07) is 26.0. The molecule has 0 unspecified atom stereocenters. The highest BCUT2D eigenvalue weighted by molar-refractivity contribution is 7.14. The first-order valence-electron chi connectivity index (χ1n) is 11.3. The molecule has 3 aromatic carbocycles. The van der Waals surface area contributed by atoms with Crippen molar-refractivity contribution in [1.82, 2.24) is 10.3 Å². The summed E-state index contributed by atoms with van der Waals surface area (Å²) in [6.07, 6.45) is 0. The molecule has 0 saturated heterocycles. The molecule has 0 radical (unpaired) electrons. The zero-order valence-electron chi connectivity index (χ0n) is 19.7. The lowest BCUT2D eigenvalue weighted by atomic mass is 10.1. The van der Waals surface area contributed by atoms with E-state index >= 15 is 0 Å². The Morgan fingerprint density at radius 2 is 1.71 bits per heavy atom. The van der Waals surface area contributed by atoms with Crippen LogP contribution in [0.2, 0.25) is 0 Å². The Hall–Kier alpha value is -3.64. The van der Waals surface area contributed by atoms with Gasteiger partial charge in [0.25, 0.3) is 5.91 Å². The summed E-state index contributed by atoms with van der Waals surface area (Å²) in [7, 11) is 1.67. The Balaban J connectivity index is 1.59. The molecule has 6 heteroatoms. The molecule has 4 rings (SSSR count). The number of thiazole rings is 1. The van der Waals surface area contributed by atoms with Crippen molar-refractivity contribution in [2.45, 2.75) is 20.4 Å². The van der Waals surface area contributed by atoms with E-state index in [0.29, 0.717) is 24.6 Å². The molecule has 34 heavy (non-hydrogen) atoms. The first kappa shape index (κ1) is 23.5. The second-order valence-corrected chi connectivity index (χ2v) is 9.30. The van der Waals surface area contributed by atoms with E-state index in [0.717, 1.165) is 33.4 Å². The van der Waals surface area contributed by atoms with Crippen molar-refractivity contribution in [3.63, 3.8) is 0 Å². The van der Waals surface area contributed by atoms with Gasteiger partial charge in [-0.2, -0.15) is 0 Å². The molecule has 1 N–H and O–H groups in total.